The molecule has 6 nitrogen and oxygen atoms in total. The van der Waals surface area contributed by atoms with E-state index < -0.39 is 6.10 Å². The van der Waals surface area contributed by atoms with E-state index in [2.05, 4.69) is 12.1 Å². The quantitative estimate of drug-likeness (QED) is 0.557. The summed E-state index contributed by atoms with van der Waals surface area (Å²) in [6.07, 6.45) is 0.255. The van der Waals surface area contributed by atoms with E-state index in [1.165, 1.54) is 0 Å². The van der Waals surface area contributed by atoms with Crippen LogP contribution in [0.4, 0.5) is 0 Å². The van der Waals surface area contributed by atoms with Crippen molar-refractivity contribution in [1.29, 1.82) is 5.26 Å². The number of amides is 1. The summed E-state index contributed by atoms with van der Waals surface area (Å²) in [6, 6.07) is 22.6. The lowest BCUT2D eigenvalue weighted by atomic mass is 9.88. The highest BCUT2D eigenvalue weighted by molar-refractivity contribution is 5.89. The highest BCUT2D eigenvalue weighted by Crippen LogP contribution is 2.41. The van der Waals surface area contributed by atoms with Gasteiger partial charge in [0.1, 0.15) is 23.3 Å². The van der Waals surface area contributed by atoms with Gasteiger partial charge in [0, 0.05) is 13.0 Å². The minimum absolute atomic E-state index is 0.0630. The van der Waals surface area contributed by atoms with E-state index >= 15 is 0 Å². The molecule has 0 aromatic heterocycles. The van der Waals surface area contributed by atoms with Gasteiger partial charge in [-0.2, -0.15) is 5.26 Å². The molecular weight excluding hydrogens is 404 g/mol. The third kappa shape index (κ3) is 3.63. The lowest BCUT2D eigenvalue weighted by molar-refractivity contribution is -0.165. The molecule has 1 fully saturated rings. The molecule has 0 saturated carbocycles. The number of rotatable bonds is 6. The molecule has 1 saturated heterocycles. The van der Waals surface area contributed by atoms with Gasteiger partial charge >= 0.3 is 0 Å². The first-order valence-electron chi connectivity index (χ1n) is 10.5. The molecule has 2 aliphatic heterocycles. The van der Waals surface area contributed by atoms with E-state index in [1.54, 1.807) is 19.2 Å². The van der Waals surface area contributed by atoms with Gasteiger partial charge in [-0.15, -0.1) is 0 Å². The van der Waals surface area contributed by atoms with Crippen LogP contribution >= 0.6 is 0 Å². The fourth-order valence-corrected chi connectivity index (χ4v) is 4.24. The second kappa shape index (κ2) is 8.27. The van der Waals surface area contributed by atoms with Crippen LogP contribution in [0, 0.1) is 11.3 Å². The van der Waals surface area contributed by atoms with Crippen LogP contribution in [0.5, 0.6) is 17.2 Å². The van der Waals surface area contributed by atoms with E-state index in [0.29, 0.717) is 24.5 Å². The second-order valence-corrected chi connectivity index (χ2v) is 7.90. The van der Waals surface area contributed by atoms with E-state index in [0.717, 1.165) is 34.6 Å². The molecule has 0 bridgehead atoms. The average molecular weight is 426 g/mol. The summed E-state index contributed by atoms with van der Waals surface area (Å²) in [5, 5.41) is 9.04. The van der Waals surface area contributed by atoms with E-state index in [9.17, 15) is 4.79 Å². The Morgan fingerprint density at radius 3 is 2.53 bits per heavy atom. The summed E-state index contributed by atoms with van der Waals surface area (Å²) >= 11 is 0. The Morgan fingerprint density at radius 1 is 1.06 bits per heavy atom. The van der Waals surface area contributed by atoms with Crippen LogP contribution in [0.15, 0.2) is 66.7 Å². The number of fused-ring (bicyclic) bond motifs is 1. The zero-order valence-corrected chi connectivity index (χ0v) is 17.7. The fraction of sp³-hybridized carbons (Fsp3) is 0.231. The van der Waals surface area contributed by atoms with Gasteiger partial charge in [0.25, 0.3) is 5.91 Å². The summed E-state index contributed by atoms with van der Waals surface area (Å²) in [5.74, 6) is 2.20. The van der Waals surface area contributed by atoms with Crippen molar-refractivity contribution in [1.82, 2.24) is 4.90 Å². The molecule has 6 heteroatoms. The SMILES string of the molecule is COc1ccc(OC2C(=O)N(Cc3ccc(C#N)cc3)C2c2ccc3c(c2)CCO3)cc1. The topological polar surface area (TPSA) is 71.8 Å². The van der Waals surface area contributed by atoms with Gasteiger partial charge in [-0.25, -0.2) is 0 Å². The molecule has 2 atom stereocenters. The maximum atomic E-state index is 13.1. The molecule has 0 aliphatic carbocycles. The minimum atomic E-state index is -0.609. The number of likely N-dealkylation sites (tertiary alicyclic amines) is 1. The van der Waals surface area contributed by atoms with E-state index in [4.69, 9.17) is 19.5 Å². The lowest BCUT2D eigenvalue weighted by Gasteiger charge is -2.47. The molecule has 5 rings (SSSR count). The van der Waals surface area contributed by atoms with Crippen LogP contribution in [0.3, 0.4) is 0 Å². The lowest BCUT2D eigenvalue weighted by Crippen LogP contribution is -2.60. The number of nitriles is 1. The maximum Gasteiger partial charge on any atom is 0.267 e. The molecule has 32 heavy (non-hydrogen) atoms. The third-order valence-electron chi connectivity index (χ3n) is 5.96. The van der Waals surface area contributed by atoms with E-state index in [1.807, 2.05) is 53.4 Å². The van der Waals surface area contributed by atoms with Crippen molar-refractivity contribution in [3.8, 4) is 23.3 Å². The molecule has 0 spiro atoms. The maximum absolute atomic E-state index is 13.1. The Labute approximate surface area is 186 Å². The number of hydrogen-bond donors (Lipinski definition) is 0. The van der Waals surface area contributed by atoms with Gasteiger partial charge in [-0.3, -0.25) is 4.79 Å². The average Bonchev–Trinajstić information content (AvgIpc) is 3.31. The number of carbonyl (C=O) groups is 1. The van der Waals surface area contributed by atoms with Gasteiger partial charge in [0.05, 0.1) is 25.3 Å². The summed E-state index contributed by atoms with van der Waals surface area (Å²) in [5.41, 5.74) is 3.75. The van der Waals surface area contributed by atoms with Crippen molar-refractivity contribution in [3.05, 3.63) is 89.0 Å². The minimum Gasteiger partial charge on any atom is -0.497 e. The van der Waals surface area contributed by atoms with Gasteiger partial charge in [0.2, 0.25) is 6.10 Å². The standard InChI is InChI=1S/C26H22N2O4/c1-30-21-7-9-22(10-8-21)32-25-24(20-6-11-23-19(14-20)12-13-31-23)28(26(25)29)16-18-4-2-17(15-27)3-5-18/h2-11,14,24-25H,12-13,16H2,1H3. The number of β-lactam (4-membered cyclic amide) rings is 1. The first-order valence-corrected chi connectivity index (χ1v) is 10.5. The number of carbonyl (C=O) groups excluding carboxylic acids is 1. The van der Waals surface area contributed by atoms with Crippen LogP contribution in [0.1, 0.15) is 28.3 Å². The Bertz CT molecular complexity index is 1180. The molecule has 3 aromatic carbocycles. The summed E-state index contributed by atoms with van der Waals surface area (Å²) < 4.78 is 17.0. The highest BCUT2D eigenvalue weighted by Gasteiger charge is 2.50. The Kier molecular flexibility index (Phi) is 5.16. The number of benzene rings is 3. The van der Waals surface area contributed by atoms with Crippen LogP contribution in [-0.4, -0.2) is 30.6 Å². The number of ether oxygens (including phenoxy) is 3. The van der Waals surface area contributed by atoms with Crippen molar-refractivity contribution < 1.29 is 19.0 Å². The van der Waals surface area contributed by atoms with Crippen LogP contribution in [0.2, 0.25) is 0 Å². The van der Waals surface area contributed by atoms with Gasteiger partial charge in [0.15, 0.2) is 0 Å². The van der Waals surface area contributed by atoms with Crippen molar-refractivity contribution in [2.24, 2.45) is 0 Å². The molecule has 3 aromatic rings. The normalized spacial score (nSPS) is 18.9. The number of hydrogen-bond acceptors (Lipinski definition) is 5. The first-order chi connectivity index (χ1) is 15.7. The molecule has 2 unspecified atom stereocenters. The first kappa shape index (κ1) is 20.0. The Balaban J connectivity index is 1.42. The molecule has 0 N–H and O–H groups in total. The summed E-state index contributed by atoms with van der Waals surface area (Å²) in [6.45, 7) is 1.13. The molecule has 160 valence electrons. The molecular formula is C26H22N2O4. The largest absolute Gasteiger partial charge is 0.497 e. The summed E-state index contributed by atoms with van der Waals surface area (Å²) in [7, 11) is 1.61. The zero-order valence-electron chi connectivity index (χ0n) is 17.7. The van der Waals surface area contributed by atoms with Crippen molar-refractivity contribution in [3.63, 3.8) is 0 Å². The van der Waals surface area contributed by atoms with Crippen LogP contribution < -0.4 is 14.2 Å². The van der Waals surface area contributed by atoms with Crippen molar-refractivity contribution in [2.45, 2.75) is 25.1 Å². The number of nitrogens with zero attached hydrogens (tertiary/aromatic N) is 2. The molecule has 2 aliphatic rings. The Morgan fingerprint density at radius 2 is 1.81 bits per heavy atom. The predicted molar refractivity (Wildman–Crippen MR) is 117 cm³/mol. The predicted octanol–water partition coefficient (Wildman–Crippen LogP) is 4.03. The fourth-order valence-electron chi connectivity index (χ4n) is 4.24. The van der Waals surface area contributed by atoms with Crippen LogP contribution in [-0.2, 0) is 17.8 Å². The third-order valence-corrected chi connectivity index (χ3v) is 5.96. The van der Waals surface area contributed by atoms with Gasteiger partial charge in [-0.1, -0.05) is 18.2 Å². The van der Waals surface area contributed by atoms with Crippen LogP contribution in [0.25, 0.3) is 0 Å². The highest BCUT2D eigenvalue weighted by atomic mass is 16.5. The second-order valence-electron chi connectivity index (χ2n) is 7.90. The Hall–Kier alpha value is -3.98. The molecule has 2 heterocycles. The van der Waals surface area contributed by atoms with Crippen molar-refractivity contribution >= 4 is 5.91 Å². The smallest absolute Gasteiger partial charge is 0.267 e. The molecule has 0 radical (unpaired) electrons. The monoisotopic (exact) mass is 426 g/mol. The molecule has 1 amide bonds. The van der Waals surface area contributed by atoms with E-state index in [-0.39, 0.29) is 11.9 Å². The number of methoxy groups -OCH3 is 1. The summed E-state index contributed by atoms with van der Waals surface area (Å²) in [4.78, 5) is 15.0. The van der Waals surface area contributed by atoms with Crippen molar-refractivity contribution in [2.75, 3.05) is 13.7 Å². The van der Waals surface area contributed by atoms with Gasteiger partial charge in [-0.05, 0) is 65.2 Å². The van der Waals surface area contributed by atoms with Gasteiger partial charge < -0.3 is 19.1 Å². The zero-order chi connectivity index (χ0) is 22.1.